The zero-order valence-electron chi connectivity index (χ0n) is 14.5. The quantitative estimate of drug-likeness (QED) is 0.220. The van der Waals surface area contributed by atoms with Crippen molar-refractivity contribution in [2.75, 3.05) is 39.9 Å². The minimum Gasteiger partial charge on any atom is -0.383 e. The zero-order valence-corrected chi connectivity index (χ0v) is 16.8. The van der Waals surface area contributed by atoms with E-state index in [2.05, 4.69) is 45.2 Å². The van der Waals surface area contributed by atoms with Crippen LogP contribution in [0.3, 0.4) is 0 Å². The average molecular weight is 448 g/mol. The molecular weight excluding hydrogens is 419 g/mol. The molecule has 0 saturated carbocycles. The molecule has 7 heteroatoms. The molecule has 136 valence electrons. The van der Waals surface area contributed by atoms with Crippen LogP contribution in [0.1, 0.15) is 18.9 Å². The Bertz CT molecular complexity index is 469. The Morgan fingerprint density at radius 1 is 1.12 bits per heavy atom. The predicted molar refractivity (Wildman–Crippen MR) is 109 cm³/mol. The normalized spacial score (nSPS) is 10.7. The van der Waals surface area contributed by atoms with Gasteiger partial charge in [0, 0.05) is 26.7 Å². The number of hydrogen-bond acceptors (Lipinski definition) is 3. The summed E-state index contributed by atoms with van der Waals surface area (Å²) in [6, 6.07) is 10.4. The van der Waals surface area contributed by atoms with Crippen molar-refractivity contribution in [1.29, 1.82) is 0 Å². The van der Waals surface area contributed by atoms with Crippen LogP contribution in [0, 0.1) is 0 Å². The van der Waals surface area contributed by atoms with Crippen LogP contribution in [-0.2, 0) is 16.0 Å². The van der Waals surface area contributed by atoms with Gasteiger partial charge in [0.05, 0.1) is 6.61 Å². The molecule has 0 saturated heterocycles. The third kappa shape index (κ3) is 11.2. The summed E-state index contributed by atoms with van der Waals surface area (Å²) in [5.41, 5.74) is 1.33. The second-order valence-corrected chi connectivity index (χ2v) is 5.05. The fourth-order valence-corrected chi connectivity index (χ4v) is 1.99. The number of carbonyl (C=O) groups is 1. The standard InChI is InChI=1S/C17H28N4O2.HI/c1-3-18-17(21-14-16(22)19-12-13-23-2)20-11-7-10-15-8-5-4-6-9-15;/h4-6,8-9H,3,7,10-14H2,1-2H3,(H,19,22)(H2,18,20,21);1H. The van der Waals surface area contributed by atoms with Gasteiger partial charge in [0.15, 0.2) is 5.96 Å². The van der Waals surface area contributed by atoms with E-state index in [1.165, 1.54) is 5.56 Å². The summed E-state index contributed by atoms with van der Waals surface area (Å²) in [7, 11) is 1.60. The van der Waals surface area contributed by atoms with Gasteiger partial charge in [-0.3, -0.25) is 4.79 Å². The highest BCUT2D eigenvalue weighted by Crippen LogP contribution is 2.01. The van der Waals surface area contributed by atoms with Crippen molar-refractivity contribution in [2.45, 2.75) is 19.8 Å². The number of carbonyl (C=O) groups excluding carboxylic acids is 1. The van der Waals surface area contributed by atoms with Crippen molar-refractivity contribution in [2.24, 2.45) is 4.99 Å². The van der Waals surface area contributed by atoms with Gasteiger partial charge in [0.1, 0.15) is 6.54 Å². The van der Waals surface area contributed by atoms with Crippen LogP contribution in [0.4, 0.5) is 0 Å². The summed E-state index contributed by atoms with van der Waals surface area (Å²) in [5.74, 6) is 0.561. The fourth-order valence-electron chi connectivity index (χ4n) is 1.99. The summed E-state index contributed by atoms with van der Waals surface area (Å²) in [5, 5.41) is 9.13. The molecule has 0 radical (unpaired) electrons. The molecule has 0 fully saturated rings. The smallest absolute Gasteiger partial charge is 0.241 e. The number of rotatable bonds is 10. The number of nitrogens with one attached hydrogen (secondary N) is 3. The maximum Gasteiger partial charge on any atom is 0.241 e. The van der Waals surface area contributed by atoms with E-state index in [9.17, 15) is 4.79 Å². The molecular formula is C17H29IN4O2. The van der Waals surface area contributed by atoms with Gasteiger partial charge in [0.25, 0.3) is 0 Å². The SMILES string of the molecule is CCNC(=NCC(=O)NCCOC)NCCCc1ccccc1.I. The van der Waals surface area contributed by atoms with Crippen LogP contribution in [-0.4, -0.2) is 51.8 Å². The molecule has 6 nitrogen and oxygen atoms in total. The first-order valence-electron chi connectivity index (χ1n) is 8.08. The molecule has 1 aromatic carbocycles. The lowest BCUT2D eigenvalue weighted by Gasteiger charge is -2.11. The molecule has 0 aromatic heterocycles. The van der Waals surface area contributed by atoms with Gasteiger partial charge < -0.3 is 20.7 Å². The number of halogens is 1. The van der Waals surface area contributed by atoms with Crippen molar-refractivity contribution in [3.05, 3.63) is 35.9 Å². The van der Waals surface area contributed by atoms with Crippen LogP contribution in [0.5, 0.6) is 0 Å². The van der Waals surface area contributed by atoms with Crippen LogP contribution in [0.15, 0.2) is 35.3 Å². The zero-order chi connectivity index (χ0) is 16.8. The van der Waals surface area contributed by atoms with Crippen LogP contribution in [0.25, 0.3) is 0 Å². The highest BCUT2D eigenvalue weighted by Gasteiger charge is 2.01. The highest BCUT2D eigenvalue weighted by atomic mass is 127. The Morgan fingerprint density at radius 2 is 1.88 bits per heavy atom. The summed E-state index contributed by atoms with van der Waals surface area (Å²) in [6.07, 6.45) is 2.03. The number of amides is 1. The lowest BCUT2D eigenvalue weighted by atomic mass is 10.1. The predicted octanol–water partition coefficient (Wildman–Crippen LogP) is 1.55. The molecule has 0 bridgehead atoms. The van der Waals surface area contributed by atoms with Gasteiger partial charge in [-0.25, -0.2) is 4.99 Å². The summed E-state index contributed by atoms with van der Waals surface area (Å²) in [6.45, 7) is 4.69. The van der Waals surface area contributed by atoms with E-state index in [1.807, 2.05) is 13.0 Å². The first-order chi connectivity index (χ1) is 11.3. The number of methoxy groups -OCH3 is 1. The summed E-state index contributed by atoms with van der Waals surface area (Å²) >= 11 is 0. The molecule has 0 unspecified atom stereocenters. The van der Waals surface area contributed by atoms with E-state index in [4.69, 9.17) is 4.74 Å². The maximum absolute atomic E-state index is 11.6. The Balaban J connectivity index is 0.00000529. The van der Waals surface area contributed by atoms with Gasteiger partial charge in [-0.2, -0.15) is 0 Å². The summed E-state index contributed by atoms with van der Waals surface area (Å²) in [4.78, 5) is 15.9. The van der Waals surface area contributed by atoms with Gasteiger partial charge in [0.2, 0.25) is 5.91 Å². The van der Waals surface area contributed by atoms with Gasteiger partial charge in [-0.15, -0.1) is 24.0 Å². The molecule has 1 aromatic rings. The van der Waals surface area contributed by atoms with Gasteiger partial charge in [-0.1, -0.05) is 30.3 Å². The van der Waals surface area contributed by atoms with Crippen molar-refractivity contribution < 1.29 is 9.53 Å². The molecule has 0 aliphatic carbocycles. The Labute approximate surface area is 161 Å². The van der Waals surface area contributed by atoms with Crippen LogP contribution >= 0.6 is 24.0 Å². The molecule has 3 N–H and O–H groups in total. The van der Waals surface area contributed by atoms with E-state index in [-0.39, 0.29) is 36.4 Å². The second kappa shape index (κ2) is 15.2. The molecule has 1 rings (SSSR count). The first kappa shape index (κ1) is 22.6. The van der Waals surface area contributed by atoms with Gasteiger partial charge >= 0.3 is 0 Å². The lowest BCUT2D eigenvalue weighted by Crippen LogP contribution is -2.39. The minimum atomic E-state index is -0.108. The number of aliphatic imine (C=N–C) groups is 1. The average Bonchev–Trinajstić information content (AvgIpc) is 2.57. The lowest BCUT2D eigenvalue weighted by molar-refractivity contribution is -0.119. The van der Waals surface area contributed by atoms with Crippen molar-refractivity contribution in [1.82, 2.24) is 16.0 Å². The monoisotopic (exact) mass is 448 g/mol. The van der Waals surface area contributed by atoms with Crippen molar-refractivity contribution >= 4 is 35.8 Å². The molecule has 0 spiro atoms. The maximum atomic E-state index is 11.6. The molecule has 0 aliphatic heterocycles. The number of benzene rings is 1. The Morgan fingerprint density at radius 3 is 2.54 bits per heavy atom. The third-order valence-corrected chi connectivity index (χ3v) is 3.13. The number of ether oxygens (including phenoxy) is 1. The van der Waals surface area contributed by atoms with E-state index in [1.54, 1.807) is 7.11 Å². The summed E-state index contributed by atoms with van der Waals surface area (Å²) < 4.78 is 4.88. The molecule has 0 atom stereocenters. The highest BCUT2D eigenvalue weighted by molar-refractivity contribution is 14.0. The molecule has 0 aliphatic rings. The molecule has 0 heterocycles. The van der Waals surface area contributed by atoms with E-state index in [0.29, 0.717) is 19.1 Å². The molecule has 1 amide bonds. The Kier molecular flexibility index (Phi) is 14.3. The first-order valence-corrected chi connectivity index (χ1v) is 8.08. The minimum absolute atomic E-state index is 0. The topological polar surface area (TPSA) is 74.8 Å². The van der Waals surface area contributed by atoms with Crippen LogP contribution in [0.2, 0.25) is 0 Å². The third-order valence-electron chi connectivity index (χ3n) is 3.13. The number of nitrogens with zero attached hydrogens (tertiary/aromatic N) is 1. The Hall–Kier alpha value is -1.35. The fraction of sp³-hybridized carbons (Fsp3) is 0.529. The number of aryl methyl sites for hydroxylation is 1. The van der Waals surface area contributed by atoms with Crippen molar-refractivity contribution in [3.63, 3.8) is 0 Å². The van der Waals surface area contributed by atoms with Gasteiger partial charge in [-0.05, 0) is 25.3 Å². The van der Waals surface area contributed by atoms with E-state index >= 15 is 0 Å². The largest absolute Gasteiger partial charge is 0.383 e. The van der Waals surface area contributed by atoms with E-state index < -0.39 is 0 Å². The van der Waals surface area contributed by atoms with Crippen LogP contribution < -0.4 is 16.0 Å². The molecule has 24 heavy (non-hydrogen) atoms. The number of guanidine groups is 1. The van der Waals surface area contributed by atoms with E-state index in [0.717, 1.165) is 25.9 Å². The number of hydrogen-bond donors (Lipinski definition) is 3. The van der Waals surface area contributed by atoms with Crippen molar-refractivity contribution in [3.8, 4) is 0 Å². The second-order valence-electron chi connectivity index (χ2n) is 5.05.